The molecule has 1 aromatic heterocycles. The van der Waals surface area contributed by atoms with Crippen LogP contribution in [-0.2, 0) is 19.8 Å². The summed E-state index contributed by atoms with van der Waals surface area (Å²) in [7, 11) is 1.66. The maximum absolute atomic E-state index is 14.2. The van der Waals surface area contributed by atoms with Crippen molar-refractivity contribution in [2.45, 2.75) is 12.8 Å². The summed E-state index contributed by atoms with van der Waals surface area (Å²) in [5.74, 6) is 0.374. The normalized spacial score (nSPS) is 11.6. The van der Waals surface area contributed by atoms with E-state index < -0.39 is 17.6 Å². The third-order valence-corrected chi connectivity index (χ3v) is 5.43. The van der Waals surface area contributed by atoms with Gasteiger partial charge in [-0.1, -0.05) is 41.4 Å². The van der Waals surface area contributed by atoms with Gasteiger partial charge in [0.05, 0.1) is 21.2 Å². The SMILES string of the molecule is Cn1nc(-c2c(F)cccc2Cl)nc1-c1ccc(OCc2ccc(C(F)(F)F)cc2)c(Cl)c1. The van der Waals surface area contributed by atoms with Crippen molar-refractivity contribution < 1.29 is 22.3 Å². The Morgan fingerprint density at radius 1 is 0.970 bits per heavy atom. The van der Waals surface area contributed by atoms with Gasteiger partial charge >= 0.3 is 6.18 Å². The molecule has 0 aliphatic heterocycles. The fourth-order valence-corrected chi connectivity index (χ4v) is 3.64. The molecule has 0 spiro atoms. The molecule has 0 aliphatic rings. The van der Waals surface area contributed by atoms with Crippen molar-refractivity contribution in [1.29, 1.82) is 0 Å². The summed E-state index contributed by atoms with van der Waals surface area (Å²) in [5, 5.41) is 4.72. The van der Waals surface area contributed by atoms with Crippen molar-refractivity contribution in [3.8, 4) is 28.5 Å². The van der Waals surface area contributed by atoms with E-state index in [2.05, 4.69) is 10.1 Å². The number of benzene rings is 3. The highest BCUT2D eigenvalue weighted by molar-refractivity contribution is 6.33. The minimum Gasteiger partial charge on any atom is -0.487 e. The molecule has 0 saturated heterocycles. The first kappa shape index (κ1) is 23.1. The molecule has 0 fully saturated rings. The van der Waals surface area contributed by atoms with Gasteiger partial charge in [-0.25, -0.2) is 14.1 Å². The molecule has 3 aromatic carbocycles. The number of aromatic nitrogens is 3. The maximum atomic E-state index is 14.2. The molecule has 4 aromatic rings. The molecule has 0 atom stereocenters. The van der Waals surface area contributed by atoms with Gasteiger partial charge in [-0.15, -0.1) is 0 Å². The van der Waals surface area contributed by atoms with E-state index in [0.29, 0.717) is 22.7 Å². The summed E-state index contributed by atoms with van der Waals surface area (Å²) >= 11 is 12.5. The van der Waals surface area contributed by atoms with Crippen LogP contribution in [0.3, 0.4) is 0 Å². The zero-order chi connectivity index (χ0) is 23.8. The quantitative estimate of drug-likeness (QED) is 0.275. The van der Waals surface area contributed by atoms with Gasteiger partial charge in [-0.3, -0.25) is 0 Å². The molecule has 0 aliphatic carbocycles. The molecular formula is C23H15Cl2F4N3O. The summed E-state index contributed by atoms with van der Waals surface area (Å²) < 4.78 is 59.4. The average Bonchev–Trinajstić information content (AvgIpc) is 3.13. The smallest absolute Gasteiger partial charge is 0.416 e. The Hall–Kier alpha value is -3.10. The van der Waals surface area contributed by atoms with Gasteiger partial charge in [0.1, 0.15) is 18.2 Å². The van der Waals surface area contributed by atoms with Crippen LogP contribution in [0.25, 0.3) is 22.8 Å². The lowest BCUT2D eigenvalue weighted by molar-refractivity contribution is -0.137. The predicted molar refractivity (Wildman–Crippen MR) is 118 cm³/mol. The second kappa shape index (κ2) is 9.03. The highest BCUT2D eigenvalue weighted by Crippen LogP contribution is 2.33. The molecule has 1 heterocycles. The largest absolute Gasteiger partial charge is 0.487 e. The Morgan fingerprint density at radius 3 is 2.33 bits per heavy atom. The van der Waals surface area contributed by atoms with E-state index in [9.17, 15) is 17.6 Å². The molecule has 0 radical (unpaired) electrons. The first-order valence-corrected chi connectivity index (χ1v) is 10.3. The summed E-state index contributed by atoms with van der Waals surface area (Å²) in [6.45, 7) is 0.0388. The van der Waals surface area contributed by atoms with Gasteiger partial charge in [-0.05, 0) is 48.0 Å². The lowest BCUT2D eigenvalue weighted by Gasteiger charge is -2.11. The second-order valence-corrected chi connectivity index (χ2v) is 7.92. The minimum absolute atomic E-state index is 0.0388. The average molecular weight is 496 g/mol. The first-order valence-electron chi connectivity index (χ1n) is 9.58. The number of rotatable bonds is 5. The van der Waals surface area contributed by atoms with Crippen LogP contribution in [0.15, 0.2) is 60.7 Å². The first-order chi connectivity index (χ1) is 15.6. The Morgan fingerprint density at radius 2 is 1.70 bits per heavy atom. The number of hydrogen-bond donors (Lipinski definition) is 0. The molecule has 4 nitrogen and oxygen atoms in total. The monoisotopic (exact) mass is 495 g/mol. The molecular weight excluding hydrogens is 481 g/mol. The lowest BCUT2D eigenvalue weighted by atomic mass is 10.1. The van der Waals surface area contributed by atoms with Gasteiger partial charge in [0.25, 0.3) is 0 Å². The van der Waals surface area contributed by atoms with Gasteiger partial charge in [-0.2, -0.15) is 18.3 Å². The highest BCUT2D eigenvalue weighted by atomic mass is 35.5. The third-order valence-electron chi connectivity index (χ3n) is 4.82. The topological polar surface area (TPSA) is 39.9 Å². The minimum atomic E-state index is -4.39. The standard InChI is InChI=1S/C23H15Cl2F4N3O/c1-32-22(30-21(31-32)20-16(24)3-2-4-18(20)26)14-7-10-19(17(25)11-14)33-12-13-5-8-15(9-6-13)23(27,28)29/h2-11H,12H2,1H3. The summed E-state index contributed by atoms with van der Waals surface area (Å²) in [6, 6.07) is 13.9. The van der Waals surface area contributed by atoms with Crippen LogP contribution >= 0.6 is 23.2 Å². The van der Waals surface area contributed by atoms with Crippen LogP contribution in [0, 0.1) is 5.82 Å². The van der Waals surface area contributed by atoms with Crippen molar-refractivity contribution in [2.75, 3.05) is 0 Å². The summed E-state index contributed by atoms with van der Waals surface area (Å²) in [5.41, 5.74) is 0.537. The number of aryl methyl sites for hydroxylation is 1. The fourth-order valence-electron chi connectivity index (χ4n) is 3.16. The Bertz CT molecular complexity index is 1280. The lowest BCUT2D eigenvalue weighted by Crippen LogP contribution is -2.05. The maximum Gasteiger partial charge on any atom is 0.416 e. The molecule has 0 saturated carbocycles. The summed E-state index contributed by atoms with van der Waals surface area (Å²) in [4.78, 5) is 4.40. The number of halogens is 6. The van der Waals surface area contributed by atoms with Crippen molar-refractivity contribution in [3.05, 3.63) is 87.7 Å². The van der Waals surface area contributed by atoms with E-state index in [1.807, 2.05) is 0 Å². The summed E-state index contributed by atoms with van der Waals surface area (Å²) in [6.07, 6.45) is -4.39. The zero-order valence-electron chi connectivity index (χ0n) is 17.0. The zero-order valence-corrected chi connectivity index (χ0v) is 18.5. The van der Waals surface area contributed by atoms with Crippen LogP contribution in [0.1, 0.15) is 11.1 Å². The van der Waals surface area contributed by atoms with Gasteiger partial charge in [0.15, 0.2) is 11.6 Å². The van der Waals surface area contributed by atoms with Gasteiger partial charge < -0.3 is 4.74 Å². The number of nitrogens with zero attached hydrogens (tertiary/aromatic N) is 3. The van der Waals surface area contributed by atoms with Gasteiger partial charge in [0.2, 0.25) is 0 Å². The molecule has 170 valence electrons. The Balaban J connectivity index is 1.53. The van der Waals surface area contributed by atoms with Crippen molar-refractivity contribution in [3.63, 3.8) is 0 Å². The van der Waals surface area contributed by atoms with Crippen LogP contribution in [0.5, 0.6) is 5.75 Å². The highest BCUT2D eigenvalue weighted by Gasteiger charge is 2.29. The van der Waals surface area contributed by atoms with E-state index in [0.717, 1.165) is 12.1 Å². The molecule has 0 bridgehead atoms. The van der Waals surface area contributed by atoms with E-state index in [1.165, 1.54) is 28.9 Å². The molecule has 0 amide bonds. The van der Waals surface area contributed by atoms with E-state index in [-0.39, 0.29) is 28.0 Å². The van der Waals surface area contributed by atoms with Crippen molar-refractivity contribution in [2.24, 2.45) is 7.05 Å². The number of ether oxygens (including phenoxy) is 1. The van der Waals surface area contributed by atoms with Crippen molar-refractivity contribution in [1.82, 2.24) is 14.8 Å². The molecule has 0 N–H and O–H groups in total. The third kappa shape index (κ3) is 4.96. The van der Waals surface area contributed by atoms with Crippen LogP contribution in [0.4, 0.5) is 17.6 Å². The number of alkyl halides is 3. The Labute approximate surface area is 196 Å². The molecule has 10 heteroatoms. The van der Waals surface area contributed by atoms with Crippen molar-refractivity contribution >= 4 is 23.2 Å². The van der Waals surface area contributed by atoms with Crippen LogP contribution < -0.4 is 4.74 Å². The van der Waals surface area contributed by atoms with Crippen LogP contribution in [-0.4, -0.2) is 14.8 Å². The van der Waals surface area contributed by atoms with E-state index in [1.54, 1.807) is 31.3 Å². The predicted octanol–water partition coefficient (Wildman–Crippen LogP) is 7.19. The van der Waals surface area contributed by atoms with E-state index >= 15 is 0 Å². The van der Waals surface area contributed by atoms with Gasteiger partial charge in [0, 0.05) is 12.6 Å². The molecule has 4 rings (SSSR count). The molecule has 33 heavy (non-hydrogen) atoms. The van der Waals surface area contributed by atoms with E-state index in [4.69, 9.17) is 27.9 Å². The Kier molecular flexibility index (Phi) is 6.32. The van der Waals surface area contributed by atoms with Crippen LogP contribution in [0.2, 0.25) is 10.0 Å². The number of hydrogen-bond acceptors (Lipinski definition) is 3. The molecule has 0 unspecified atom stereocenters. The second-order valence-electron chi connectivity index (χ2n) is 7.11. The fraction of sp³-hybridized carbons (Fsp3) is 0.130.